The van der Waals surface area contributed by atoms with E-state index in [2.05, 4.69) is 5.32 Å². The second-order valence-corrected chi connectivity index (χ2v) is 5.32. The van der Waals surface area contributed by atoms with E-state index in [9.17, 15) is 9.50 Å². The average molecular weight is 272 g/mol. The van der Waals surface area contributed by atoms with Crippen LogP contribution in [0.2, 0.25) is 5.02 Å². The highest BCUT2D eigenvalue weighted by Gasteiger charge is 2.24. The molecule has 1 fully saturated rings. The van der Waals surface area contributed by atoms with Gasteiger partial charge in [-0.2, -0.15) is 0 Å². The zero-order valence-electron chi connectivity index (χ0n) is 10.3. The molecule has 1 saturated carbocycles. The van der Waals surface area contributed by atoms with Gasteiger partial charge in [0.15, 0.2) is 0 Å². The number of benzene rings is 1. The van der Waals surface area contributed by atoms with E-state index in [4.69, 9.17) is 11.6 Å². The van der Waals surface area contributed by atoms with Crippen LogP contribution in [0, 0.1) is 11.7 Å². The molecule has 0 amide bonds. The van der Waals surface area contributed by atoms with Crippen LogP contribution in [0.15, 0.2) is 18.2 Å². The fraction of sp³-hybridized carbons (Fsp3) is 0.571. The molecule has 0 radical (unpaired) electrons. The number of aliphatic hydroxyl groups is 1. The largest absolute Gasteiger partial charge is 0.396 e. The number of hydrogen-bond donors (Lipinski definition) is 2. The Hall–Kier alpha value is -0.640. The van der Waals surface area contributed by atoms with E-state index in [1.54, 1.807) is 12.1 Å². The van der Waals surface area contributed by atoms with Gasteiger partial charge in [-0.1, -0.05) is 30.5 Å². The maximum Gasteiger partial charge on any atom is 0.129 e. The molecule has 0 spiro atoms. The minimum atomic E-state index is -0.272. The van der Waals surface area contributed by atoms with E-state index < -0.39 is 0 Å². The smallest absolute Gasteiger partial charge is 0.129 e. The van der Waals surface area contributed by atoms with Crippen molar-refractivity contribution in [3.8, 4) is 0 Å². The van der Waals surface area contributed by atoms with E-state index in [0.29, 0.717) is 17.1 Å². The number of aliphatic hydroxyl groups excluding tert-OH is 1. The summed E-state index contributed by atoms with van der Waals surface area (Å²) in [5.41, 5.74) is 0.515. The minimum absolute atomic E-state index is 0.197. The first-order valence-corrected chi connectivity index (χ1v) is 6.87. The third-order valence-corrected chi connectivity index (χ3v) is 4.10. The van der Waals surface area contributed by atoms with Gasteiger partial charge in [0, 0.05) is 29.8 Å². The predicted molar refractivity (Wildman–Crippen MR) is 71.1 cm³/mol. The lowest BCUT2D eigenvalue weighted by molar-refractivity contribution is 0.152. The standard InChI is InChI=1S/C14H19ClFNO/c15-12-5-3-6-13(16)11(12)8-17-14-7-2-1-4-10(14)9-18/h3,5-6,10,14,17-18H,1-2,4,7-9H2. The van der Waals surface area contributed by atoms with Crippen LogP contribution in [-0.2, 0) is 6.54 Å². The fourth-order valence-electron chi connectivity index (χ4n) is 2.63. The van der Waals surface area contributed by atoms with Crippen LogP contribution in [0.5, 0.6) is 0 Å². The second kappa shape index (κ2) is 6.50. The van der Waals surface area contributed by atoms with Gasteiger partial charge in [-0.25, -0.2) is 4.39 Å². The van der Waals surface area contributed by atoms with Gasteiger partial charge < -0.3 is 10.4 Å². The molecule has 0 bridgehead atoms. The van der Waals surface area contributed by atoms with Crippen molar-refractivity contribution in [3.63, 3.8) is 0 Å². The Morgan fingerprint density at radius 3 is 2.83 bits per heavy atom. The summed E-state index contributed by atoms with van der Waals surface area (Å²) in [6.45, 7) is 0.620. The number of nitrogens with one attached hydrogen (secondary N) is 1. The quantitative estimate of drug-likeness (QED) is 0.882. The van der Waals surface area contributed by atoms with E-state index in [-0.39, 0.29) is 24.4 Å². The molecule has 1 aliphatic rings. The third-order valence-electron chi connectivity index (χ3n) is 3.75. The van der Waals surface area contributed by atoms with E-state index in [1.807, 2.05) is 0 Å². The second-order valence-electron chi connectivity index (χ2n) is 4.91. The lowest BCUT2D eigenvalue weighted by Gasteiger charge is -2.31. The van der Waals surface area contributed by atoms with Gasteiger partial charge in [-0.15, -0.1) is 0 Å². The molecule has 1 aromatic rings. The molecule has 100 valence electrons. The van der Waals surface area contributed by atoms with Crippen LogP contribution >= 0.6 is 11.6 Å². The summed E-state index contributed by atoms with van der Waals surface area (Å²) in [5.74, 6) is 0.00987. The highest BCUT2D eigenvalue weighted by molar-refractivity contribution is 6.31. The van der Waals surface area contributed by atoms with Crippen LogP contribution in [0.4, 0.5) is 4.39 Å². The molecule has 2 unspecified atom stereocenters. The van der Waals surface area contributed by atoms with Crippen molar-refractivity contribution < 1.29 is 9.50 Å². The monoisotopic (exact) mass is 271 g/mol. The molecule has 0 saturated heterocycles. The zero-order valence-corrected chi connectivity index (χ0v) is 11.1. The van der Waals surface area contributed by atoms with Crippen LogP contribution in [0.3, 0.4) is 0 Å². The lowest BCUT2D eigenvalue weighted by Crippen LogP contribution is -2.39. The summed E-state index contributed by atoms with van der Waals surface area (Å²) in [6, 6.07) is 5.00. The molecular formula is C14H19ClFNO. The summed E-state index contributed by atoms with van der Waals surface area (Å²) < 4.78 is 13.6. The van der Waals surface area contributed by atoms with Crippen molar-refractivity contribution in [2.24, 2.45) is 5.92 Å². The number of hydrogen-bond acceptors (Lipinski definition) is 2. The Bertz CT molecular complexity index is 379. The van der Waals surface area contributed by atoms with Crippen molar-refractivity contribution >= 4 is 11.6 Å². The molecule has 18 heavy (non-hydrogen) atoms. The van der Waals surface area contributed by atoms with Crippen molar-refractivity contribution in [1.29, 1.82) is 0 Å². The molecule has 1 aromatic carbocycles. The number of rotatable bonds is 4. The molecule has 2 N–H and O–H groups in total. The van der Waals surface area contributed by atoms with Gasteiger partial charge >= 0.3 is 0 Å². The first-order valence-electron chi connectivity index (χ1n) is 6.49. The minimum Gasteiger partial charge on any atom is -0.396 e. The molecule has 4 heteroatoms. The first kappa shape index (κ1) is 13.8. The molecule has 1 aliphatic carbocycles. The highest BCUT2D eigenvalue weighted by Crippen LogP contribution is 2.25. The van der Waals surface area contributed by atoms with Gasteiger partial charge in [-0.05, 0) is 30.9 Å². The predicted octanol–water partition coefficient (Wildman–Crippen LogP) is 3.12. The molecule has 0 heterocycles. The van der Waals surface area contributed by atoms with Crippen LogP contribution in [-0.4, -0.2) is 17.8 Å². The van der Waals surface area contributed by atoms with Crippen LogP contribution in [0.25, 0.3) is 0 Å². The molecule has 2 rings (SSSR count). The molecule has 2 nitrogen and oxygen atoms in total. The van der Waals surface area contributed by atoms with Gasteiger partial charge in [0.2, 0.25) is 0 Å². The Morgan fingerprint density at radius 2 is 2.11 bits per heavy atom. The Balaban J connectivity index is 1.98. The lowest BCUT2D eigenvalue weighted by atomic mass is 9.85. The highest BCUT2D eigenvalue weighted by atomic mass is 35.5. The normalized spacial score (nSPS) is 24.2. The summed E-state index contributed by atoms with van der Waals surface area (Å²) in [7, 11) is 0. The van der Waals surface area contributed by atoms with Crippen LogP contribution < -0.4 is 5.32 Å². The topological polar surface area (TPSA) is 32.3 Å². The first-order chi connectivity index (χ1) is 8.72. The summed E-state index contributed by atoms with van der Waals surface area (Å²) in [6.07, 6.45) is 4.42. The van der Waals surface area contributed by atoms with Crippen LogP contribution in [0.1, 0.15) is 31.2 Å². The van der Waals surface area contributed by atoms with Gasteiger partial charge in [0.25, 0.3) is 0 Å². The van der Waals surface area contributed by atoms with Crippen molar-refractivity contribution in [3.05, 3.63) is 34.6 Å². The molecule has 0 aliphatic heterocycles. The number of halogens is 2. The Morgan fingerprint density at radius 1 is 1.33 bits per heavy atom. The Kier molecular flexibility index (Phi) is 4.98. The van der Waals surface area contributed by atoms with Crippen molar-refractivity contribution in [2.45, 2.75) is 38.3 Å². The SMILES string of the molecule is OCC1CCCCC1NCc1c(F)cccc1Cl. The molecule has 0 aromatic heterocycles. The van der Waals surface area contributed by atoms with Crippen molar-refractivity contribution in [1.82, 2.24) is 5.32 Å². The van der Waals surface area contributed by atoms with Gasteiger partial charge in [-0.3, -0.25) is 0 Å². The van der Waals surface area contributed by atoms with E-state index >= 15 is 0 Å². The summed E-state index contributed by atoms with van der Waals surface area (Å²) >= 11 is 5.99. The maximum atomic E-state index is 13.6. The maximum absolute atomic E-state index is 13.6. The van der Waals surface area contributed by atoms with Crippen molar-refractivity contribution in [2.75, 3.05) is 6.61 Å². The fourth-order valence-corrected chi connectivity index (χ4v) is 2.86. The Labute approximate surface area is 112 Å². The van der Waals surface area contributed by atoms with E-state index in [0.717, 1.165) is 12.8 Å². The average Bonchev–Trinajstić information content (AvgIpc) is 2.38. The summed E-state index contributed by atoms with van der Waals surface area (Å²) in [5, 5.41) is 13.1. The van der Waals surface area contributed by atoms with Gasteiger partial charge in [0.1, 0.15) is 5.82 Å². The summed E-state index contributed by atoms with van der Waals surface area (Å²) in [4.78, 5) is 0. The molecular weight excluding hydrogens is 253 g/mol. The zero-order chi connectivity index (χ0) is 13.0. The van der Waals surface area contributed by atoms with E-state index in [1.165, 1.54) is 18.9 Å². The third kappa shape index (κ3) is 3.22. The molecule has 2 atom stereocenters. The van der Waals surface area contributed by atoms with Gasteiger partial charge in [0.05, 0.1) is 0 Å².